The van der Waals surface area contributed by atoms with Gasteiger partial charge in [0.15, 0.2) is 0 Å². The summed E-state index contributed by atoms with van der Waals surface area (Å²) in [6.45, 7) is 4.29. The third-order valence-electron chi connectivity index (χ3n) is 2.74. The molecule has 2 atom stereocenters. The molecule has 2 heterocycles. The Bertz CT molecular complexity index is 312. The number of hydrogen-bond donors (Lipinski definition) is 1. The maximum Gasteiger partial charge on any atom is 0.280 e. The number of nitrogens with one attached hydrogen (secondary N) is 1. The molecular formula is C8H14N2O2S. The van der Waals surface area contributed by atoms with Crippen molar-refractivity contribution in [2.45, 2.75) is 31.3 Å². The third-order valence-corrected chi connectivity index (χ3v) is 4.44. The van der Waals surface area contributed by atoms with Crippen LogP contribution in [0.3, 0.4) is 0 Å². The second-order valence-corrected chi connectivity index (χ2v) is 5.26. The Morgan fingerprint density at radius 2 is 2.31 bits per heavy atom. The molecule has 0 spiro atoms. The van der Waals surface area contributed by atoms with E-state index in [-0.39, 0.29) is 12.1 Å². The molecule has 0 aliphatic carbocycles. The van der Waals surface area contributed by atoms with Gasteiger partial charge in [-0.05, 0) is 19.3 Å². The van der Waals surface area contributed by atoms with E-state index in [1.807, 2.05) is 0 Å². The van der Waals surface area contributed by atoms with E-state index < -0.39 is 10.2 Å². The first-order valence-corrected chi connectivity index (χ1v) is 5.99. The van der Waals surface area contributed by atoms with Crippen LogP contribution in [0, 0.1) is 0 Å². The summed E-state index contributed by atoms with van der Waals surface area (Å²) >= 11 is 0. The van der Waals surface area contributed by atoms with Crippen LogP contribution in [0.25, 0.3) is 0 Å². The molecule has 4 nitrogen and oxygen atoms in total. The van der Waals surface area contributed by atoms with Gasteiger partial charge in [0.2, 0.25) is 0 Å². The Hall–Kier alpha value is -0.390. The SMILES string of the molecule is C=C[C@@H]1C[C@@H]2CCCN2S(=O)(=O)N1. The molecule has 0 saturated carbocycles. The molecule has 0 aromatic heterocycles. The maximum absolute atomic E-state index is 11.6. The monoisotopic (exact) mass is 202 g/mol. The molecule has 1 N–H and O–H groups in total. The quantitative estimate of drug-likeness (QED) is 0.619. The number of fused-ring (bicyclic) bond motifs is 1. The number of rotatable bonds is 1. The van der Waals surface area contributed by atoms with E-state index in [2.05, 4.69) is 11.3 Å². The predicted octanol–water partition coefficient (Wildman–Crippen LogP) is 0.243. The molecule has 0 aromatic rings. The first-order valence-electron chi connectivity index (χ1n) is 4.55. The van der Waals surface area contributed by atoms with Gasteiger partial charge in [-0.1, -0.05) is 6.08 Å². The highest BCUT2D eigenvalue weighted by atomic mass is 32.2. The Labute approximate surface area is 78.8 Å². The van der Waals surface area contributed by atoms with Crippen LogP contribution in [0.4, 0.5) is 0 Å². The standard InChI is InChI=1S/C8H14N2O2S/c1-2-7-6-8-4-3-5-10(8)13(11,12)9-7/h2,7-9H,1,3-6H2/t7-,8+/m1/s1. The molecule has 0 aromatic carbocycles. The first-order chi connectivity index (χ1) is 6.13. The molecule has 2 aliphatic rings. The third kappa shape index (κ3) is 1.51. The van der Waals surface area contributed by atoms with Crippen molar-refractivity contribution in [3.63, 3.8) is 0 Å². The molecule has 2 fully saturated rings. The minimum atomic E-state index is -3.21. The summed E-state index contributed by atoms with van der Waals surface area (Å²) in [6, 6.07) is 0.124. The average Bonchev–Trinajstić information content (AvgIpc) is 2.51. The van der Waals surface area contributed by atoms with Crippen LogP contribution < -0.4 is 4.72 Å². The number of nitrogens with zero attached hydrogens (tertiary/aromatic N) is 1. The lowest BCUT2D eigenvalue weighted by Gasteiger charge is -2.33. The lowest BCUT2D eigenvalue weighted by molar-refractivity contribution is 0.320. The Kier molecular flexibility index (Phi) is 2.17. The highest BCUT2D eigenvalue weighted by Crippen LogP contribution is 2.28. The van der Waals surface area contributed by atoms with E-state index in [1.165, 1.54) is 0 Å². The minimum absolute atomic E-state index is 0.0793. The van der Waals surface area contributed by atoms with E-state index in [0.717, 1.165) is 19.3 Å². The summed E-state index contributed by atoms with van der Waals surface area (Å²) in [5, 5.41) is 0. The Morgan fingerprint density at radius 1 is 1.54 bits per heavy atom. The maximum atomic E-state index is 11.6. The summed E-state index contributed by atoms with van der Waals surface area (Å²) in [5.41, 5.74) is 0. The molecular weight excluding hydrogens is 188 g/mol. The van der Waals surface area contributed by atoms with Crippen LogP contribution in [0.2, 0.25) is 0 Å². The van der Waals surface area contributed by atoms with Crippen molar-refractivity contribution in [1.29, 1.82) is 0 Å². The normalized spacial score (nSPS) is 38.5. The molecule has 2 saturated heterocycles. The highest BCUT2D eigenvalue weighted by molar-refractivity contribution is 7.87. The zero-order chi connectivity index (χ0) is 9.47. The summed E-state index contributed by atoms with van der Waals surface area (Å²) in [6.07, 6.45) is 4.51. The van der Waals surface area contributed by atoms with Crippen molar-refractivity contribution in [3.8, 4) is 0 Å². The highest BCUT2D eigenvalue weighted by Gasteiger charge is 2.40. The second-order valence-electron chi connectivity index (χ2n) is 3.61. The van der Waals surface area contributed by atoms with Crippen molar-refractivity contribution >= 4 is 10.2 Å². The van der Waals surface area contributed by atoms with Gasteiger partial charge in [0, 0.05) is 18.6 Å². The molecule has 13 heavy (non-hydrogen) atoms. The summed E-state index contributed by atoms with van der Waals surface area (Å²) in [5.74, 6) is 0. The second kappa shape index (κ2) is 3.08. The van der Waals surface area contributed by atoms with Crippen LogP contribution in [-0.2, 0) is 10.2 Å². The van der Waals surface area contributed by atoms with Gasteiger partial charge in [0.1, 0.15) is 0 Å². The fraction of sp³-hybridized carbons (Fsp3) is 0.750. The fourth-order valence-corrected chi connectivity index (χ4v) is 3.77. The van der Waals surface area contributed by atoms with Gasteiger partial charge < -0.3 is 0 Å². The lowest BCUT2D eigenvalue weighted by atomic mass is 10.1. The van der Waals surface area contributed by atoms with Gasteiger partial charge >= 0.3 is 0 Å². The number of hydrogen-bond acceptors (Lipinski definition) is 2. The molecule has 0 amide bonds. The minimum Gasteiger partial charge on any atom is -0.195 e. The predicted molar refractivity (Wildman–Crippen MR) is 50.4 cm³/mol. The van der Waals surface area contributed by atoms with Gasteiger partial charge in [-0.2, -0.15) is 17.4 Å². The smallest absolute Gasteiger partial charge is 0.195 e. The Morgan fingerprint density at radius 3 is 3.00 bits per heavy atom. The summed E-state index contributed by atoms with van der Waals surface area (Å²) < 4.78 is 27.4. The van der Waals surface area contributed by atoms with Crippen LogP contribution in [0.15, 0.2) is 12.7 Å². The largest absolute Gasteiger partial charge is 0.280 e. The molecule has 0 radical (unpaired) electrons. The van der Waals surface area contributed by atoms with Crippen molar-refractivity contribution in [1.82, 2.24) is 9.03 Å². The van der Waals surface area contributed by atoms with Crippen molar-refractivity contribution in [2.75, 3.05) is 6.54 Å². The van der Waals surface area contributed by atoms with Crippen molar-refractivity contribution in [2.24, 2.45) is 0 Å². The van der Waals surface area contributed by atoms with Crippen LogP contribution in [-0.4, -0.2) is 31.4 Å². The van der Waals surface area contributed by atoms with Crippen LogP contribution >= 0.6 is 0 Å². The van der Waals surface area contributed by atoms with Crippen molar-refractivity contribution in [3.05, 3.63) is 12.7 Å². The molecule has 5 heteroatoms. The van der Waals surface area contributed by atoms with E-state index in [9.17, 15) is 8.42 Å². The van der Waals surface area contributed by atoms with Crippen molar-refractivity contribution < 1.29 is 8.42 Å². The van der Waals surface area contributed by atoms with Crippen LogP contribution in [0.1, 0.15) is 19.3 Å². The lowest BCUT2D eigenvalue weighted by Crippen LogP contribution is -2.53. The summed E-state index contributed by atoms with van der Waals surface area (Å²) in [7, 11) is -3.21. The van der Waals surface area contributed by atoms with E-state index in [1.54, 1.807) is 10.4 Å². The topological polar surface area (TPSA) is 49.4 Å². The zero-order valence-electron chi connectivity index (χ0n) is 7.44. The van der Waals surface area contributed by atoms with Gasteiger partial charge in [-0.15, -0.1) is 6.58 Å². The zero-order valence-corrected chi connectivity index (χ0v) is 8.26. The first kappa shape index (κ1) is 9.18. The van der Waals surface area contributed by atoms with Gasteiger partial charge in [0.05, 0.1) is 0 Å². The van der Waals surface area contributed by atoms with E-state index >= 15 is 0 Å². The van der Waals surface area contributed by atoms with E-state index in [4.69, 9.17) is 0 Å². The average molecular weight is 202 g/mol. The molecule has 0 bridgehead atoms. The molecule has 2 aliphatic heterocycles. The van der Waals surface area contributed by atoms with Gasteiger partial charge in [-0.3, -0.25) is 0 Å². The van der Waals surface area contributed by atoms with E-state index in [0.29, 0.717) is 6.54 Å². The molecule has 2 rings (SSSR count). The fourth-order valence-electron chi connectivity index (χ4n) is 2.11. The van der Waals surface area contributed by atoms with Gasteiger partial charge in [-0.25, -0.2) is 0 Å². The van der Waals surface area contributed by atoms with Gasteiger partial charge in [0.25, 0.3) is 10.2 Å². The molecule has 0 unspecified atom stereocenters. The summed E-state index contributed by atoms with van der Waals surface area (Å²) in [4.78, 5) is 0. The Balaban J connectivity index is 2.25. The van der Waals surface area contributed by atoms with Crippen LogP contribution in [0.5, 0.6) is 0 Å². The molecule has 74 valence electrons.